The SMILES string of the molecule is C1CCC(NC2CCCCC2)CC1.O=C(CC[C@@H](C(=O)O)N1C(=O)c2ccccc2C1=O)OCc1ccccc1. The number of fused-ring (bicyclic) bond motifs is 1. The first kappa shape index (κ1) is 29.5. The van der Waals surface area contributed by atoms with Gasteiger partial charge in [0.05, 0.1) is 11.1 Å². The van der Waals surface area contributed by atoms with Crippen LogP contribution in [0.4, 0.5) is 0 Å². The second-order valence-corrected chi connectivity index (χ2v) is 10.9. The largest absolute Gasteiger partial charge is 0.480 e. The normalized spacial score (nSPS) is 18.4. The van der Waals surface area contributed by atoms with Gasteiger partial charge in [-0.3, -0.25) is 19.3 Å². The number of nitrogens with zero attached hydrogens (tertiary/aromatic N) is 1. The Kier molecular flexibility index (Phi) is 10.9. The van der Waals surface area contributed by atoms with Crippen molar-refractivity contribution >= 4 is 23.8 Å². The van der Waals surface area contributed by atoms with Crippen molar-refractivity contribution in [1.82, 2.24) is 10.2 Å². The molecule has 8 nitrogen and oxygen atoms in total. The van der Waals surface area contributed by atoms with E-state index in [9.17, 15) is 24.3 Å². The number of hydrogen-bond acceptors (Lipinski definition) is 6. The number of nitrogens with one attached hydrogen (secondary N) is 1. The van der Waals surface area contributed by atoms with Crippen molar-refractivity contribution in [1.29, 1.82) is 0 Å². The van der Waals surface area contributed by atoms with Crippen LogP contribution in [-0.2, 0) is 20.9 Å². The summed E-state index contributed by atoms with van der Waals surface area (Å²) >= 11 is 0. The van der Waals surface area contributed by atoms with Gasteiger partial charge in [0.25, 0.3) is 11.8 Å². The molecule has 2 aromatic rings. The number of amides is 2. The zero-order valence-corrected chi connectivity index (χ0v) is 23.1. The number of benzene rings is 2. The highest BCUT2D eigenvalue weighted by molar-refractivity contribution is 6.22. The van der Waals surface area contributed by atoms with Crippen molar-refractivity contribution in [3.05, 3.63) is 71.3 Å². The molecular formula is C32H40N2O6. The number of carbonyl (C=O) groups is 4. The van der Waals surface area contributed by atoms with E-state index in [1.54, 1.807) is 24.3 Å². The molecule has 3 aliphatic rings. The third kappa shape index (κ3) is 8.01. The first-order chi connectivity index (χ1) is 19.4. The maximum atomic E-state index is 12.4. The topological polar surface area (TPSA) is 113 Å². The van der Waals surface area contributed by atoms with Crippen molar-refractivity contribution in [2.75, 3.05) is 0 Å². The molecule has 0 aromatic heterocycles. The molecule has 0 radical (unpaired) electrons. The number of carbonyl (C=O) groups excluding carboxylic acids is 3. The lowest BCUT2D eigenvalue weighted by Gasteiger charge is -2.30. The second kappa shape index (κ2) is 14.7. The highest BCUT2D eigenvalue weighted by Crippen LogP contribution is 2.26. The van der Waals surface area contributed by atoms with Crippen molar-refractivity contribution in [2.45, 2.75) is 102 Å². The summed E-state index contributed by atoms with van der Waals surface area (Å²) in [5, 5.41) is 13.3. The number of esters is 1. The maximum absolute atomic E-state index is 12.4. The molecule has 2 aromatic carbocycles. The van der Waals surface area contributed by atoms with E-state index in [0.29, 0.717) is 4.90 Å². The Morgan fingerprint density at radius 2 is 1.30 bits per heavy atom. The zero-order chi connectivity index (χ0) is 28.3. The quantitative estimate of drug-likeness (QED) is 0.314. The molecular weight excluding hydrogens is 508 g/mol. The van der Waals surface area contributed by atoms with E-state index in [2.05, 4.69) is 5.32 Å². The fraction of sp³-hybridized carbons (Fsp3) is 0.500. The first-order valence-electron chi connectivity index (χ1n) is 14.6. The number of carboxylic acid groups (broad SMARTS) is 1. The summed E-state index contributed by atoms with van der Waals surface area (Å²) in [6, 6.07) is 15.5. The van der Waals surface area contributed by atoms with E-state index in [-0.39, 0.29) is 30.6 Å². The molecule has 1 heterocycles. The maximum Gasteiger partial charge on any atom is 0.326 e. The van der Waals surface area contributed by atoms with Gasteiger partial charge in [0.1, 0.15) is 12.6 Å². The third-order valence-electron chi connectivity index (χ3n) is 7.97. The predicted octanol–water partition coefficient (Wildman–Crippen LogP) is 5.50. The molecule has 0 saturated heterocycles. The van der Waals surface area contributed by atoms with Crippen molar-refractivity contribution in [3.8, 4) is 0 Å². The van der Waals surface area contributed by atoms with Gasteiger partial charge < -0.3 is 15.2 Å². The summed E-state index contributed by atoms with van der Waals surface area (Å²) in [6.45, 7) is 0.0738. The molecule has 2 saturated carbocycles. The zero-order valence-electron chi connectivity index (χ0n) is 23.1. The summed E-state index contributed by atoms with van der Waals surface area (Å²) in [7, 11) is 0. The van der Waals surface area contributed by atoms with Crippen LogP contribution >= 0.6 is 0 Å². The average molecular weight is 549 g/mol. The number of hydrogen-bond donors (Lipinski definition) is 2. The highest BCUT2D eigenvalue weighted by atomic mass is 16.5. The van der Waals surface area contributed by atoms with Gasteiger partial charge in [0.2, 0.25) is 0 Å². The Balaban J connectivity index is 0.000000236. The minimum Gasteiger partial charge on any atom is -0.480 e. The standard InChI is InChI=1S/C20H17NO6.C12H23N/c22-17(27-12-13-6-2-1-3-7-13)11-10-16(20(25)26)21-18(23)14-8-4-5-9-15(14)19(21)24;1-3-7-11(8-4-1)13-12-9-5-2-6-10-12/h1-9,16H,10-12H2,(H,25,26);11-13H,1-10H2/t16-;/m0./s1. The van der Waals surface area contributed by atoms with Crippen molar-refractivity contribution in [2.24, 2.45) is 0 Å². The number of carboxylic acids is 1. The molecule has 8 heteroatoms. The molecule has 1 atom stereocenters. The van der Waals surface area contributed by atoms with E-state index < -0.39 is 29.8 Å². The minimum atomic E-state index is -1.43. The van der Waals surface area contributed by atoms with Crippen LogP contribution in [0.1, 0.15) is 103 Å². The molecule has 40 heavy (non-hydrogen) atoms. The van der Waals surface area contributed by atoms with Crippen LogP contribution < -0.4 is 5.32 Å². The van der Waals surface area contributed by atoms with E-state index in [4.69, 9.17) is 4.74 Å². The van der Waals surface area contributed by atoms with E-state index in [1.165, 1.54) is 76.3 Å². The lowest BCUT2D eigenvalue weighted by molar-refractivity contribution is -0.146. The Morgan fingerprint density at radius 1 is 0.800 bits per heavy atom. The summed E-state index contributed by atoms with van der Waals surface area (Å²) in [5.74, 6) is -3.27. The monoisotopic (exact) mass is 548 g/mol. The Hall–Kier alpha value is -3.52. The summed E-state index contributed by atoms with van der Waals surface area (Å²) < 4.78 is 5.12. The third-order valence-corrected chi connectivity index (χ3v) is 7.97. The number of ether oxygens (including phenoxy) is 1. The van der Waals surface area contributed by atoms with Gasteiger partial charge in [0.15, 0.2) is 0 Å². The molecule has 2 fully saturated rings. The van der Waals surface area contributed by atoms with Gasteiger partial charge in [-0.25, -0.2) is 4.79 Å². The van der Waals surface area contributed by atoms with Crippen LogP contribution in [0.3, 0.4) is 0 Å². The Bertz CT molecular complexity index is 1100. The number of aliphatic carboxylic acids is 1. The smallest absolute Gasteiger partial charge is 0.326 e. The van der Waals surface area contributed by atoms with E-state index in [1.807, 2.05) is 18.2 Å². The fourth-order valence-corrected chi connectivity index (χ4v) is 5.79. The summed E-state index contributed by atoms with van der Waals surface area (Å²) in [5.41, 5.74) is 1.14. The molecule has 2 N–H and O–H groups in total. The molecule has 0 unspecified atom stereocenters. The van der Waals surface area contributed by atoms with E-state index >= 15 is 0 Å². The van der Waals surface area contributed by atoms with Crippen LogP contribution in [0.15, 0.2) is 54.6 Å². The van der Waals surface area contributed by atoms with Crippen molar-refractivity contribution < 1.29 is 29.0 Å². The Labute approximate surface area is 236 Å². The molecule has 1 aliphatic heterocycles. The molecule has 214 valence electrons. The highest BCUT2D eigenvalue weighted by Gasteiger charge is 2.42. The summed E-state index contributed by atoms with van der Waals surface area (Å²) in [6.07, 6.45) is 14.1. The second-order valence-electron chi connectivity index (χ2n) is 10.9. The van der Waals surface area contributed by atoms with Gasteiger partial charge in [-0.05, 0) is 49.8 Å². The average Bonchev–Trinajstić information content (AvgIpc) is 3.23. The van der Waals surface area contributed by atoms with Crippen LogP contribution in [0.2, 0.25) is 0 Å². The number of rotatable bonds is 9. The molecule has 0 spiro atoms. The predicted molar refractivity (Wildman–Crippen MR) is 151 cm³/mol. The fourth-order valence-electron chi connectivity index (χ4n) is 5.79. The van der Waals surface area contributed by atoms with Crippen LogP contribution in [0.25, 0.3) is 0 Å². The van der Waals surface area contributed by atoms with Gasteiger partial charge >= 0.3 is 11.9 Å². The number of imide groups is 1. The molecule has 5 rings (SSSR count). The minimum absolute atomic E-state index is 0.0738. The van der Waals surface area contributed by atoms with Crippen molar-refractivity contribution in [3.63, 3.8) is 0 Å². The van der Waals surface area contributed by atoms with Gasteiger partial charge in [-0.2, -0.15) is 0 Å². The van der Waals surface area contributed by atoms with Crippen LogP contribution in [-0.4, -0.2) is 51.9 Å². The molecule has 2 aliphatic carbocycles. The summed E-state index contributed by atoms with van der Waals surface area (Å²) in [4.78, 5) is 49.1. The molecule has 0 bridgehead atoms. The first-order valence-corrected chi connectivity index (χ1v) is 14.6. The van der Waals surface area contributed by atoms with Gasteiger partial charge in [0, 0.05) is 18.5 Å². The van der Waals surface area contributed by atoms with Crippen LogP contribution in [0, 0.1) is 0 Å². The lowest BCUT2D eigenvalue weighted by atomic mass is 9.91. The van der Waals surface area contributed by atoms with Gasteiger partial charge in [-0.15, -0.1) is 0 Å². The van der Waals surface area contributed by atoms with Gasteiger partial charge in [-0.1, -0.05) is 81.0 Å². The van der Waals surface area contributed by atoms with E-state index in [0.717, 1.165) is 17.6 Å². The lowest BCUT2D eigenvalue weighted by Crippen LogP contribution is -2.45. The van der Waals surface area contributed by atoms with Crippen LogP contribution in [0.5, 0.6) is 0 Å². The Morgan fingerprint density at radius 3 is 1.80 bits per heavy atom. The molecule has 2 amide bonds.